The normalized spacial score (nSPS) is 21.2. The van der Waals surface area contributed by atoms with E-state index in [4.69, 9.17) is 5.73 Å². The van der Waals surface area contributed by atoms with Crippen LogP contribution in [0.15, 0.2) is 0 Å². The third-order valence-corrected chi connectivity index (χ3v) is 3.14. The minimum atomic E-state index is -4.32. The summed E-state index contributed by atoms with van der Waals surface area (Å²) in [7, 11) is 0. The number of amides is 1. The summed E-state index contributed by atoms with van der Waals surface area (Å²) in [6.07, 6.45) is -0.916. The van der Waals surface area contributed by atoms with Crippen LogP contribution in [0.1, 0.15) is 32.6 Å². The summed E-state index contributed by atoms with van der Waals surface area (Å²) in [6, 6.07) is 0. The number of alkyl halides is 3. The van der Waals surface area contributed by atoms with Gasteiger partial charge in [-0.15, -0.1) is 0 Å². The highest BCUT2D eigenvalue weighted by molar-refractivity contribution is 5.84. The van der Waals surface area contributed by atoms with E-state index >= 15 is 0 Å². The quantitative estimate of drug-likeness (QED) is 0.764. The number of hydrogen-bond acceptors (Lipinski definition) is 2. The van der Waals surface area contributed by atoms with E-state index in [1.165, 1.54) is 6.92 Å². The largest absolute Gasteiger partial charge is 0.401 e. The first kappa shape index (κ1) is 13.3. The molecule has 1 amide bonds. The van der Waals surface area contributed by atoms with E-state index in [2.05, 4.69) is 5.32 Å². The summed E-state index contributed by atoms with van der Waals surface area (Å²) in [5, 5.41) is 2.24. The van der Waals surface area contributed by atoms with Gasteiger partial charge in [-0.1, -0.05) is 19.3 Å². The molecule has 0 aromatic heterocycles. The Hall–Kier alpha value is -0.780. The van der Waals surface area contributed by atoms with Crippen molar-refractivity contribution in [1.29, 1.82) is 0 Å². The van der Waals surface area contributed by atoms with Gasteiger partial charge in [0.05, 0.1) is 12.1 Å². The molecule has 3 nitrogen and oxygen atoms in total. The number of halogens is 3. The molecule has 0 aromatic rings. The van der Waals surface area contributed by atoms with E-state index in [9.17, 15) is 18.0 Å². The second-order valence-corrected chi connectivity index (χ2v) is 4.67. The van der Waals surface area contributed by atoms with Gasteiger partial charge in [-0.3, -0.25) is 10.1 Å². The maximum absolute atomic E-state index is 12.1. The van der Waals surface area contributed by atoms with Crippen LogP contribution in [0.25, 0.3) is 0 Å². The molecule has 6 heteroatoms. The maximum atomic E-state index is 12.1. The van der Waals surface area contributed by atoms with Crippen molar-refractivity contribution in [3.63, 3.8) is 0 Å². The predicted octanol–water partition coefficient (Wildman–Crippen LogP) is 1.57. The molecule has 0 aliphatic heterocycles. The first-order chi connectivity index (χ1) is 7.23. The van der Waals surface area contributed by atoms with Crippen molar-refractivity contribution in [3.05, 3.63) is 0 Å². The minimum Gasteiger partial charge on any atom is -0.368 e. The summed E-state index contributed by atoms with van der Waals surface area (Å²) in [6.45, 7) is 0.262. The number of hydrogen-bond donors (Lipinski definition) is 2. The van der Waals surface area contributed by atoms with Crippen molar-refractivity contribution in [2.24, 2.45) is 11.7 Å². The molecular weight excluding hydrogens is 221 g/mol. The van der Waals surface area contributed by atoms with Gasteiger partial charge in [-0.05, 0) is 19.3 Å². The zero-order valence-corrected chi connectivity index (χ0v) is 9.23. The Kier molecular flexibility index (Phi) is 3.83. The Morgan fingerprint density at radius 3 is 2.31 bits per heavy atom. The van der Waals surface area contributed by atoms with Crippen molar-refractivity contribution in [2.75, 3.05) is 6.54 Å². The van der Waals surface area contributed by atoms with Gasteiger partial charge in [-0.25, -0.2) is 0 Å². The van der Waals surface area contributed by atoms with Crippen LogP contribution in [0.4, 0.5) is 13.2 Å². The monoisotopic (exact) mass is 238 g/mol. The van der Waals surface area contributed by atoms with Gasteiger partial charge in [0.1, 0.15) is 0 Å². The van der Waals surface area contributed by atoms with Crippen molar-refractivity contribution in [2.45, 2.75) is 44.3 Å². The van der Waals surface area contributed by atoms with Crippen LogP contribution in [0, 0.1) is 5.92 Å². The average molecular weight is 238 g/mol. The number of carbonyl (C=O) groups is 1. The fraction of sp³-hybridized carbons (Fsp3) is 0.900. The number of carbonyl (C=O) groups excluding carboxylic acids is 1. The Morgan fingerprint density at radius 1 is 1.44 bits per heavy atom. The van der Waals surface area contributed by atoms with Gasteiger partial charge in [0.2, 0.25) is 5.91 Å². The topological polar surface area (TPSA) is 55.1 Å². The molecule has 1 unspecified atom stereocenters. The lowest BCUT2D eigenvalue weighted by atomic mass is 9.76. The summed E-state index contributed by atoms with van der Waals surface area (Å²) in [5.41, 5.74) is 3.91. The van der Waals surface area contributed by atoms with Crippen LogP contribution in [0.5, 0.6) is 0 Å². The van der Waals surface area contributed by atoms with Crippen molar-refractivity contribution >= 4 is 5.91 Å². The summed E-state index contributed by atoms with van der Waals surface area (Å²) < 4.78 is 36.2. The van der Waals surface area contributed by atoms with Gasteiger partial charge in [-0.2, -0.15) is 13.2 Å². The number of rotatable bonds is 5. The zero-order chi connectivity index (χ0) is 12.4. The molecule has 16 heavy (non-hydrogen) atoms. The van der Waals surface area contributed by atoms with Gasteiger partial charge in [0.15, 0.2) is 0 Å². The third kappa shape index (κ3) is 3.66. The van der Waals surface area contributed by atoms with Gasteiger partial charge in [0.25, 0.3) is 0 Å². The maximum Gasteiger partial charge on any atom is 0.401 e. The molecule has 1 rings (SSSR count). The molecule has 0 saturated heterocycles. The number of primary amides is 1. The summed E-state index contributed by atoms with van der Waals surface area (Å²) in [5.74, 6) is -0.401. The van der Waals surface area contributed by atoms with Crippen LogP contribution in [0.3, 0.4) is 0 Å². The Morgan fingerprint density at radius 2 is 2.00 bits per heavy atom. The first-order valence-electron chi connectivity index (χ1n) is 5.35. The van der Waals surface area contributed by atoms with Crippen LogP contribution in [-0.4, -0.2) is 24.2 Å². The molecule has 1 aliphatic carbocycles. The molecule has 1 saturated carbocycles. The second-order valence-electron chi connectivity index (χ2n) is 4.67. The van der Waals surface area contributed by atoms with E-state index in [1.54, 1.807) is 0 Å². The van der Waals surface area contributed by atoms with Crippen LogP contribution >= 0.6 is 0 Å². The van der Waals surface area contributed by atoms with E-state index in [1.807, 2.05) is 0 Å². The Bertz CT molecular complexity index is 263. The average Bonchev–Trinajstić information content (AvgIpc) is 2.07. The second kappa shape index (κ2) is 4.61. The van der Waals surface area contributed by atoms with Gasteiger partial charge < -0.3 is 5.73 Å². The number of nitrogens with two attached hydrogens (primary N) is 1. The molecule has 0 spiro atoms. The van der Waals surface area contributed by atoms with Crippen LogP contribution in [0.2, 0.25) is 0 Å². The Balaban J connectivity index is 2.53. The van der Waals surface area contributed by atoms with E-state index in [-0.39, 0.29) is 0 Å². The minimum absolute atomic E-state index is 0.318. The molecule has 1 aliphatic rings. The Labute approximate surface area is 92.6 Å². The highest BCUT2D eigenvalue weighted by atomic mass is 19.4. The molecule has 0 bridgehead atoms. The van der Waals surface area contributed by atoms with Crippen molar-refractivity contribution in [3.8, 4) is 0 Å². The fourth-order valence-corrected chi connectivity index (χ4v) is 1.83. The van der Waals surface area contributed by atoms with Crippen molar-refractivity contribution in [1.82, 2.24) is 5.32 Å². The van der Waals surface area contributed by atoms with E-state index < -0.39 is 24.2 Å². The molecule has 3 N–H and O–H groups in total. The zero-order valence-electron chi connectivity index (χ0n) is 9.23. The first-order valence-corrected chi connectivity index (χ1v) is 5.35. The van der Waals surface area contributed by atoms with E-state index in [0.29, 0.717) is 12.3 Å². The van der Waals surface area contributed by atoms with Gasteiger partial charge >= 0.3 is 6.18 Å². The summed E-state index contributed by atoms with van der Waals surface area (Å²) in [4.78, 5) is 11.2. The molecular formula is C10H17F3N2O. The standard InChI is InChI=1S/C10H17F3N2O/c1-9(8(14)16,5-7-3-2-4-7)15-6-10(11,12)13/h7,15H,2-6H2,1H3,(H2,14,16). The molecule has 0 aromatic carbocycles. The van der Waals surface area contributed by atoms with Crippen LogP contribution < -0.4 is 11.1 Å². The van der Waals surface area contributed by atoms with Gasteiger partial charge in [0, 0.05) is 0 Å². The fourth-order valence-electron chi connectivity index (χ4n) is 1.83. The predicted molar refractivity (Wildman–Crippen MR) is 53.6 cm³/mol. The third-order valence-electron chi connectivity index (χ3n) is 3.14. The lowest BCUT2D eigenvalue weighted by Gasteiger charge is -2.35. The highest BCUT2D eigenvalue weighted by Crippen LogP contribution is 2.33. The highest BCUT2D eigenvalue weighted by Gasteiger charge is 2.39. The molecule has 0 radical (unpaired) electrons. The lowest BCUT2D eigenvalue weighted by Crippen LogP contribution is -2.56. The van der Waals surface area contributed by atoms with Crippen molar-refractivity contribution < 1.29 is 18.0 Å². The number of nitrogens with one attached hydrogen (secondary N) is 1. The molecule has 1 fully saturated rings. The lowest BCUT2D eigenvalue weighted by molar-refractivity contribution is -0.136. The molecule has 0 heterocycles. The van der Waals surface area contributed by atoms with E-state index in [0.717, 1.165) is 19.3 Å². The summed E-state index contributed by atoms with van der Waals surface area (Å²) >= 11 is 0. The molecule has 1 atom stereocenters. The SMILES string of the molecule is CC(CC1CCC1)(NCC(F)(F)F)C(N)=O. The van der Waals surface area contributed by atoms with Crippen LogP contribution in [-0.2, 0) is 4.79 Å². The smallest absolute Gasteiger partial charge is 0.368 e. The molecule has 94 valence electrons.